The number of nitrogens with one attached hydrogen (secondary N) is 1. The minimum Gasteiger partial charge on any atom is -0.441 e. The largest absolute Gasteiger partial charge is 0.441 e. The third kappa shape index (κ3) is 3.23. The number of aryl methyl sites for hydroxylation is 1. The Bertz CT molecular complexity index is 811. The van der Waals surface area contributed by atoms with Crippen LogP contribution in [0.15, 0.2) is 46.9 Å². The lowest BCUT2D eigenvalue weighted by Crippen LogP contribution is -2.14. The van der Waals surface area contributed by atoms with Gasteiger partial charge in [0.25, 0.3) is 0 Å². The number of oxazole rings is 1. The van der Waals surface area contributed by atoms with Crippen LogP contribution in [0.1, 0.15) is 11.5 Å². The van der Waals surface area contributed by atoms with Crippen molar-refractivity contribution in [1.29, 1.82) is 0 Å². The predicted molar refractivity (Wildman–Crippen MR) is 82.5 cm³/mol. The smallest absolute Gasteiger partial charge is 0.228 e. The molecule has 0 bridgehead atoms. The average Bonchev–Trinajstić information content (AvgIpc) is 2.78. The number of fused-ring (bicyclic) bond motifs is 1. The number of anilines is 1. The SMILES string of the molecule is Cc1nc2ccc(NC(=O)Cc3cccc(Cl)c3)cc2o1. The van der Waals surface area contributed by atoms with Crippen molar-refractivity contribution in [3.8, 4) is 0 Å². The van der Waals surface area contributed by atoms with Gasteiger partial charge in [0.05, 0.1) is 6.42 Å². The van der Waals surface area contributed by atoms with Crippen LogP contribution in [0, 0.1) is 6.92 Å². The van der Waals surface area contributed by atoms with Gasteiger partial charge < -0.3 is 9.73 Å². The van der Waals surface area contributed by atoms with Gasteiger partial charge in [0.15, 0.2) is 11.5 Å². The highest BCUT2D eigenvalue weighted by molar-refractivity contribution is 6.30. The predicted octanol–water partition coefficient (Wildman–Crippen LogP) is 3.97. The van der Waals surface area contributed by atoms with Crippen LogP contribution in [-0.4, -0.2) is 10.9 Å². The number of nitrogens with zero attached hydrogens (tertiary/aromatic N) is 1. The lowest BCUT2D eigenvalue weighted by Gasteiger charge is -2.05. The second kappa shape index (κ2) is 5.58. The molecule has 0 unspecified atom stereocenters. The fourth-order valence-corrected chi connectivity index (χ4v) is 2.37. The zero-order valence-electron chi connectivity index (χ0n) is 11.4. The van der Waals surface area contributed by atoms with Crippen molar-refractivity contribution >= 4 is 34.3 Å². The van der Waals surface area contributed by atoms with Gasteiger partial charge in [-0.15, -0.1) is 0 Å². The highest BCUT2D eigenvalue weighted by Gasteiger charge is 2.07. The standard InChI is InChI=1S/C16H13ClN2O2/c1-10-18-14-6-5-13(9-15(14)21-10)19-16(20)8-11-3-2-4-12(17)7-11/h2-7,9H,8H2,1H3,(H,19,20). The van der Waals surface area contributed by atoms with Crippen molar-refractivity contribution < 1.29 is 9.21 Å². The molecule has 21 heavy (non-hydrogen) atoms. The van der Waals surface area contributed by atoms with Crippen LogP contribution in [-0.2, 0) is 11.2 Å². The summed E-state index contributed by atoms with van der Waals surface area (Å²) in [6.07, 6.45) is 0.272. The summed E-state index contributed by atoms with van der Waals surface area (Å²) in [6, 6.07) is 12.7. The van der Waals surface area contributed by atoms with Gasteiger partial charge in [-0.3, -0.25) is 4.79 Å². The minimum atomic E-state index is -0.104. The fraction of sp³-hybridized carbons (Fsp3) is 0.125. The van der Waals surface area contributed by atoms with Crippen molar-refractivity contribution in [2.45, 2.75) is 13.3 Å². The van der Waals surface area contributed by atoms with Crippen LogP contribution >= 0.6 is 11.6 Å². The van der Waals surface area contributed by atoms with E-state index in [1.807, 2.05) is 18.2 Å². The summed E-state index contributed by atoms with van der Waals surface area (Å²) < 4.78 is 5.44. The first-order valence-corrected chi connectivity index (χ1v) is 6.89. The molecule has 3 aromatic rings. The fourth-order valence-electron chi connectivity index (χ4n) is 2.16. The molecule has 0 aliphatic heterocycles. The van der Waals surface area contributed by atoms with Gasteiger partial charge in [-0.05, 0) is 29.8 Å². The topological polar surface area (TPSA) is 55.1 Å². The molecule has 3 rings (SSSR count). The molecule has 0 atom stereocenters. The zero-order chi connectivity index (χ0) is 14.8. The number of halogens is 1. The molecule has 1 heterocycles. The Morgan fingerprint density at radius 3 is 2.95 bits per heavy atom. The molecule has 0 saturated carbocycles. The van der Waals surface area contributed by atoms with E-state index in [4.69, 9.17) is 16.0 Å². The number of hydrogen-bond acceptors (Lipinski definition) is 3. The van der Waals surface area contributed by atoms with Gasteiger partial charge in [0, 0.05) is 23.7 Å². The summed E-state index contributed by atoms with van der Waals surface area (Å²) in [4.78, 5) is 16.3. The average molecular weight is 301 g/mol. The Morgan fingerprint density at radius 1 is 1.29 bits per heavy atom. The van der Waals surface area contributed by atoms with E-state index in [0.717, 1.165) is 11.1 Å². The maximum atomic E-state index is 12.0. The Morgan fingerprint density at radius 2 is 2.14 bits per heavy atom. The van der Waals surface area contributed by atoms with E-state index in [0.29, 0.717) is 22.2 Å². The highest BCUT2D eigenvalue weighted by Crippen LogP contribution is 2.20. The summed E-state index contributed by atoms with van der Waals surface area (Å²) in [7, 11) is 0. The Hall–Kier alpha value is -2.33. The van der Waals surface area contributed by atoms with Crippen LogP contribution in [0.3, 0.4) is 0 Å². The molecular formula is C16H13ClN2O2. The summed E-state index contributed by atoms with van der Waals surface area (Å²) >= 11 is 5.91. The van der Waals surface area contributed by atoms with E-state index in [-0.39, 0.29) is 12.3 Å². The molecule has 1 N–H and O–H groups in total. The van der Waals surface area contributed by atoms with Gasteiger partial charge in [-0.1, -0.05) is 23.7 Å². The first-order chi connectivity index (χ1) is 10.1. The van der Waals surface area contributed by atoms with Gasteiger partial charge in [-0.2, -0.15) is 0 Å². The van der Waals surface area contributed by atoms with Crippen LogP contribution in [0.5, 0.6) is 0 Å². The van der Waals surface area contributed by atoms with E-state index >= 15 is 0 Å². The van der Waals surface area contributed by atoms with Gasteiger partial charge in [0.2, 0.25) is 5.91 Å². The van der Waals surface area contributed by atoms with Crippen molar-refractivity contribution in [3.05, 3.63) is 58.9 Å². The maximum Gasteiger partial charge on any atom is 0.228 e. The third-order valence-corrected chi connectivity index (χ3v) is 3.27. The first-order valence-electron chi connectivity index (χ1n) is 6.52. The maximum absolute atomic E-state index is 12.0. The van der Waals surface area contributed by atoms with E-state index in [9.17, 15) is 4.79 Å². The molecule has 0 fully saturated rings. The van der Waals surface area contributed by atoms with E-state index < -0.39 is 0 Å². The first kappa shape index (κ1) is 13.6. The van der Waals surface area contributed by atoms with Crippen molar-refractivity contribution in [3.63, 3.8) is 0 Å². The van der Waals surface area contributed by atoms with E-state index in [1.165, 1.54) is 0 Å². The quantitative estimate of drug-likeness (QED) is 0.796. The summed E-state index contributed by atoms with van der Waals surface area (Å²) in [5.74, 6) is 0.500. The third-order valence-electron chi connectivity index (χ3n) is 3.03. The summed E-state index contributed by atoms with van der Waals surface area (Å²) in [5, 5.41) is 3.47. The number of carbonyl (C=O) groups is 1. The van der Waals surface area contributed by atoms with E-state index in [2.05, 4.69) is 10.3 Å². The molecule has 0 aliphatic rings. The second-order valence-corrected chi connectivity index (χ2v) is 5.21. The van der Waals surface area contributed by atoms with Crippen LogP contribution < -0.4 is 5.32 Å². The van der Waals surface area contributed by atoms with E-state index in [1.54, 1.807) is 31.2 Å². The number of rotatable bonds is 3. The molecule has 0 saturated heterocycles. The van der Waals surface area contributed by atoms with Crippen LogP contribution in [0.25, 0.3) is 11.1 Å². The summed E-state index contributed by atoms with van der Waals surface area (Å²) in [5.41, 5.74) is 3.00. The lowest BCUT2D eigenvalue weighted by molar-refractivity contribution is -0.115. The van der Waals surface area contributed by atoms with Crippen LogP contribution in [0.2, 0.25) is 5.02 Å². The lowest BCUT2D eigenvalue weighted by atomic mass is 10.1. The number of aromatic nitrogens is 1. The molecule has 4 nitrogen and oxygen atoms in total. The summed E-state index contributed by atoms with van der Waals surface area (Å²) in [6.45, 7) is 1.79. The van der Waals surface area contributed by atoms with Gasteiger partial charge in [0.1, 0.15) is 5.52 Å². The molecule has 0 spiro atoms. The monoisotopic (exact) mass is 300 g/mol. The molecule has 1 amide bonds. The Kier molecular flexibility index (Phi) is 3.62. The van der Waals surface area contributed by atoms with Crippen LogP contribution in [0.4, 0.5) is 5.69 Å². The molecule has 106 valence electrons. The molecule has 1 aromatic heterocycles. The van der Waals surface area contributed by atoms with Crippen molar-refractivity contribution in [1.82, 2.24) is 4.98 Å². The minimum absolute atomic E-state index is 0.104. The molecular weight excluding hydrogens is 288 g/mol. The number of benzene rings is 2. The number of amides is 1. The van der Waals surface area contributed by atoms with Gasteiger partial charge >= 0.3 is 0 Å². The molecule has 0 aliphatic carbocycles. The number of carbonyl (C=O) groups excluding carboxylic acids is 1. The molecule has 5 heteroatoms. The zero-order valence-corrected chi connectivity index (χ0v) is 12.1. The molecule has 0 radical (unpaired) electrons. The van der Waals surface area contributed by atoms with Gasteiger partial charge in [-0.25, -0.2) is 4.98 Å². The van der Waals surface area contributed by atoms with Crippen molar-refractivity contribution in [2.75, 3.05) is 5.32 Å². The molecule has 2 aromatic carbocycles. The normalized spacial score (nSPS) is 10.8. The number of hydrogen-bond donors (Lipinski definition) is 1. The van der Waals surface area contributed by atoms with Crippen molar-refractivity contribution in [2.24, 2.45) is 0 Å². The highest BCUT2D eigenvalue weighted by atomic mass is 35.5. The Labute approximate surface area is 126 Å². The second-order valence-electron chi connectivity index (χ2n) is 4.77. The Balaban J connectivity index is 1.73.